The number of H-pyrrole nitrogens is 2. The van der Waals surface area contributed by atoms with E-state index in [0.717, 1.165) is 72.9 Å². The fraction of sp³-hybridized carbons (Fsp3) is 0.579. The van der Waals surface area contributed by atoms with E-state index in [1.807, 2.05) is 49.9 Å². The predicted molar refractivity (Wildman–Crippen MR) is 199 cm³/mol. The van der Waals surface area contributed by atoms with Crippen molar-refractivity contribution < 1.29 is 28.7 Å². The lowest BCUT2D eigenvalue weighted by Gasteiger charge is -2.30. The summed E-state index contributed by atoms with van der Waals surface area (Å²) in [6.07, 6.45) is 7.35. The number of likely N-dealkylation sites (tertiary alicyclic amines) is 2. The predicted octanol–water partition coefficient (Wildman–Crippen LogP) is 4.64. The Balaban J connectivity index is 0.986. The van der Waals surface area contributed by atoms with Gasteiger partial charge in [0, 0.05) is 37.3 Å². The Labute approximate surface area is 314 Å². The fourth-order valence-corrected chi connectivity index (χ4v) is 8.37. The number of imidazole rings is 2. The third-order valence-electron chi connectivity index (χ3n) is 11.3. The Hall–Kier alpha value is -5.28. The Morgan fingerprint density at radius 1 is 0.704 bits per heavy atom. The molecule has 6 N–H and O–H groups in total. The number of ether oxygens (including phenoxy) is 2. The second-order valence-corrected chi connectivity index (χ2v) is 15.5. The lowest BCUT2D eigenvalue weighted by molar-refractivity contribution is -0.136. The molecule has 2 aromatic heterocycles. The molecule has 6 heterocycles. The van der Waals surface area contributed by atoms with Crippen LogP contribution in [0.15, 0.2) is 24.5 Å². The molecule has 16 heteroatoms. The number of carbonyl (C=O) groups is 4. The highest BCUT2D eigenvalue weighted by molar-refractivity contribution is 5.87. The van der Waals surface area contributed by atoms with Crippen LogP contribution in [0.4, 0.5) is 21.0 Å². The number of hydrogen-bond acceptors (Lipinski definition) is 10. The SMILES string of the molecule is COC(=O)NC(C(=O)N1CCCC1c1ncc(C2Cc3cc4c(cc3N2)CC(c2cnc(C3CCCN3C(=O)[C@@H](NC(=O)OC)C(C)C)[nH]2)N4)[nH]1)C(C)C. The fourth-order valence-electron chi connectivity index (χ4n) is 8.37. The molecule has 4 amide bonds. The van der Waals surface area contributed by atoms with Crippen LogP contribution in [0, 0.1) is 11.8 Å². The van der Waals surface area contributed by atoms with Crippen LogP contribution in [0.5, 0.6) is 0 Å². The summed E-state index contributed by atoms with van der Waals surface area (Å²) in [5.41, 5.74) is 6.53. The maximum atomic E-state index is 13.6. The quantitative estimate of drug-likeness (QED) is 0.170. The monoisotopic (exact) mass is 744 g/mol. The molecule has 0 saturated carbocycles. The Morgan fingerprint density at radius 3 is 1.48 bits per heavy atom. The van der Waals surface area contributed by atoms with Crippen LogP contribution in [0.3, 0.4) is 0 Å². The van der Waals surface area contributed by atoms with Gasteiger partial charge in [-0.05, 0) is 60.8 Å². The van der Waals surface area contributed by atoms with Crippen molar-refractivity contribution in [1.82, 2.24) is 40.4 Å². The zero-order chi connectivity index (χ0) is 38.3. The molecule has 3 aromatic rings. The van der Waals surface area contributed by atoms with Gasteiger partial charge in [0.1, 0.15) is 23.7 Å². The third-order valence-corrected chi connectivity index (χ3v) is 11.3. The van der Waals surface area contributed by atoms with E-state index in [1.165, 1.54) is 25.3 Å². The molecule has 0 aliphatic carbocycles. The van der Waals surface area contributed by atoms with Crippen molar-refractivity contribution in [3.8, 4) is 0 Å². The molecule has 1 aromatic carbocycles. The highest BCUT2D eigenvalue weighted by Gasteiger charge is 2.40. The summed E-state index contributed by atoms with van der Waals surface area (Å²) in [6.45, 7) is 8.83. The molecule has 5 unspecified atom stereocenters. The lowest BCUT2D eigenvalue weighted by atomic mass is 10.0. The molecule has 0 bridgehead atoms. The number of hydrogen-bond donors (Lipinski definition) is 6. The summed E-state index contributed by atoms with van der Waals surface area (Å²) in [7, 11) is 2.59. The van der Waals surface area contributed by atoms with E-state index < -0.39 is 24.3 Å². The van der Waals surface area contributed by atoms with Crippen molar-refractivity contribution in [3.05, 3.63) is 58.7 Å². The van der Waals surface area contributed by atoms with Gasteiger partial charge in [-0.3, -0.25) is 9.59 Å². The molecule has 6 atom stereocenters. The lowest BCUT2D eigenvalue weighted by Crippen LogP contribution is -2.51. The van der Waals surface area contributed by atoms with E-state index in [9.17, 15) is 19.2 Å². The first-order valence-electron chi connectivity index (χ1n) is 19.0. The van der Waals surface area contributed by atoms with Crippen molar-refractivity contribution in [2.75, 3.05) is 37.9 Å². The molecule has 290 valence electrons. The van der Waals surface area contributed by atoms with Gasteiger partial charge in [0.15, 0.2) is 0 Å². The summed E-state index contributed by atoms with van der Waals surface area (Å²) in [5.74, 6) is 1.04. The standard InChI is InChI=1S/C38H52N10O6/c1-19(2)31(45-37(51)53-5)35(49)47-11-7-9-29(47)33-39-17-27(43-33)25-15-21-13-24-22(14-23(21)41-25)16-26(42-24)28-18-40-34(44-28)30-10-8-12-48(30)36(50)32(20(3)4)46-38(52)54-6/h13-14,17-20,25-26,29-32,41-42H,7-12,15-16H2,1-6H3,(H,39,43)(H,40,44)(H,45,51)(H,46,52)/t25?,26?,29?,30?,31-,32?/m0/s1. The van der Waals surface area contributed by atoms with Gasteiger partial charge in [0.05, 0.1) is 62.2 Å². The van der Waals surface area contributed by atoms with Crippen molar-refractivity contribution in [3.63, 3.8) is 0 Å². The van der Waals surface area contributed by atoms with Crippen LogP contribution in [0.2, 0.25) is 0 Å². The molecular formula is C38H52N10O6. The average Bonchev–Trinajstić information content (AvgIpc) is 4.00. The van der Waals surface area contributed by atoms with Crippen LogP contribution in [0.25, 0.3) is 0 Å². The molecule has 4 aliphatic rings. The number of carbonyl (C=O) groups excluding carboxylic acids is 4. The molecule has 2 saturated heterocycles. The van der Waals surface area contributed by atoms with Crippen molar-refractivity contribution >= 4 is 35.4 Å². The van der Waals surface area contributed by atoms with E-state index in [2.05, 4.69) is 43.4 Å². The highest BCUT2D eigenvalue weighted by atomic mass is 16.5. The second kappa shape index (κ2) is 15.2. The molecular weight excluding hydrogens is 692 g/mol. The van der Waals surface area contributed by atoms with Crippen molar-refractivity contribution in [2.24, 2.45) is 11.8 Å². The van der Waals surface area contributed by atoms with Gasteiger partial charge in [-0.25, -0.2) is 19.6 Å². The average molecular weight is 745 g/mol. The van der Waals surface area contributed by atoms with Crippen LogP contribution in [-0.2, 0) is 31.9 Å². The van der Waals surface area contributed by atoms with Crippen LogP contribution in [-0.4, -0.2) is 93.1 Å². The Morgan fingerprint density at radius 2 is 1.11 bits per heavy atom. The number of anilines is 2. The van der Waals surface area contributed by atoms with Gasteiger partial charge in [0.2, 0.25) is 11.8 Å². The number of rotatable bonds is 10. The van der Waals surface area contributed by atoms with E-state index in [-0.39, 0.29) is 47.8 Å². The Bertz CT molecular complexity index is 1720. The molecule has 4 aliphatic heterocycles. The zero-order valence-electron chi connectivity index (χ0n) is 31.8. The second-order valence-electron chi connectivity index (χ2n) is 15.5. The van der Waals surface area contributed by atoms with Crippen molar-refractivity contribution in [1.29, 1.82) is 0 Å². The van der Waals surface area contributed by atoms with Crippen molar-refractivity contribution in [2.45, 2.75) is 102 Å². The number of benzene rings is 1. The summed E-state index contributed by atoms with van der Waals surface area (Å²) in [6, 6.07) is 2.72. The first-order valence-corrected chi connectivity index (χ1v) is 19.0. The number of aromatic amines is 2. The minimum Gasteiger partial charge on any atom is -0.453 e. The number of amides is 4. The summed E-state index contributed by atoms with van der Waals surface area (Å²) in [5, 5.41) is 12.8. The van der Waals surface area contributed by atoms with Gasteiger partial charge < -0.3 is 50.5 Å². The number of aromatic nitrogens is 4. The molecule has 16 nitrogen and oxygen atoms in total. The van der Waals surface area contributed by atoms with Crippen LogP contribution in [0.1, 0.15) is 112 Å². The number of methoxy groups -OCH3 is 2. The van der Waals surface area contributed by atoms with Gasteiger partial charge >= 0.3 is 12.2 Å². The highest BCUT2D eigenvalue weighted by Crippen LogP contribution is 2.43. The van der Waals surface area contributed by atoms with Gasteiger partial charge in [-0.2, -0.15) is 0 Å². The normalized spacial score (nSPS) is 22.7. The first kappa shape index (κ1) is 37.1. The van der Waals surface area contributed by atoms with Crippen LogP contribution < -0.4 is 21.3 Å². The molecule has 2 fully saturated rings. The summed E-state index contributed by atoms with van der Waals surface area (Å²) < 4.78 is 9.53. The number of nitrogens with one attached hydrogen (secondary N) is 6. The smallest absolute Gasteiger partial charge is 0.407 e. The van der Waals surface area contributed by atoms with E-state index in [4.69, 9.17) is 19.4 Å². The maximum absolute atomic E-state index is 13.6. The van der Waals surface area contributed by atoms with E-state index >= 15 is 0 Å². The molecule has 0 spiro atoms. The number of alkyl carbamates (subject to hydrolysis) is 2. The minimum absolute atomic E-state index is 0.0138. The summed E-state index contributed by atoms with van der Waals surface area (Å²) in [4.78, 5) is 71.3. The van der Waals surface area contributed by atoms with Gasteiger partial charge in [-0.1, -0.05) is 27.7 Å². The first-order chi connectivity index (χ1) is 25.9. The van der Waals surface area contributed by atoms with E-state index in [0.29, 0.717) is 13.1 Å². The maximum Gasteiger partial charge on any atom is 0.407 e. The molecule has 7 rings (SSSR count). The molecule has 0 radical (unpaired) electrons. The van der Waals surface area contributed by atoms with Gasteiger partial charge in [0.25, 0.3) is 0 Å². The van der Waals surface area contributed by atoms with E-state index in [1.54, 1.807) is 0 Å². The number of fused-ring (bicyclic) bond motifs is 2. The summed E-state index contributed by atoms with van der Waals surface area (Å²) >= 11 is 0. The third kappa shape index (κ3) is 7.17. The Kier molecular flexibility index (Phi) is 10.4. The largest absolute Gasteiger partial charge is 0.453 e. The van der Waals surface area contributed by atoms with Gasteiger partial charge in [-0.15, -0.1) is 0 Å². The number of nitrogens with zero attached hydrogens (tertiary/aromatic N) is 4. The minimum atomic E-state index is -0.682. The van der Waals surface area contributed by atoms with Crippen LogP contribution >= 0.6 is 0 Å². The molecule has 54 heavy (non-hydrogen) atoms. The topological polar surface area (TPSA) is 199 Å². The zero-order valence-corrected chi connectivity index (χ0v) is 31.8.